The summed E-state index contributed by atoms with van der Waals surface area (Å²) < 4.78 is 5.29. The number of carbonyl (C=O) groups is 2. The zero-order valence-electron chi connectivity index (χ0n) is 16.6. The van der Waals surface area contributed by atoms with Crippen LogP contribution in [0.3, 0.4) is 0 Å². The van der Waals surface area contributed by atoms with Gasteiger partial charge in [-0.3, -0.25) is 9.79 Å². The molecular formula is C21H24N4O3S. The van der Waals surface area contributed by atoms with Gasteiger partial charge in [-0.25, -0.2) is 4.79 Å². The molecule has 29 heavy (non-hydrogen) atoms. The average Bonchev–Trinajstić information content (AvgIpc) is 3.04. The maximum Gasteiger partial charge on any atom is 0.409 e. The Bertz CT molecular complexity index is 906. The lowest BCUT2D eigenvalue weighted by Crippen LogP contribution is -2.27. The van der Waals surface area contributed by atoms with Gasteiger partial charge in [0.25, 0.3) is 0 Å². The maximum atomic E-state index is 12.2. The number of ether oxygens (including phenoxy) is 1. The molecule has 0 fully saturated rings. The van der Waals surface area contributed by atoms with E-state index in [1.807, 2.05) is 0 Å². The molecule has 1 aliphatic carbocycles. The van der Waals surface area contributed by atoms with Crippen LogP contribution in [-0.2, 0) is 22.4 Å². The minimum Gasteiger partial charge on any atom is -0.449 e. The van der Waals surface area contributed by atoms with Crippen molar-refractivity contribution in [2.75, 3.05) is 26.0 Å². The lowest BCUT2D eigenvalue weighted by atomic mass is 9.88. The minimum absolute atomic E-state index is 0.201. The molecule has 0 aliphatic heterocycles. The van der Waals surface area contributed by atoms with Gasteiger partial charge in [-0.15, -0.1) is 11.3 Å². The number of nitrogens with one attached hydrogen (secondary N) is 1. The predicted molar refractivity (Wildman–Crippen MR) is 115 cm³/mol. The fourth-order valence-electron chi connectivity index (χ4n) is 2.85. The zero-order valence-corrected chi connectivity index (χ0v) is 17.4. The smallest absolute Gasteiger partial charge is 0.409 e. The zero-order chi connectivity index (χ0) is 21.4. The van der Waals surface area contributed by atoms with Gasteiger partial charge in [0, 0.05) is 37.5 Å². The van der Waals surface area contributed by atoms with E-state index in [4.69, 9.17) is 4.74 Å². The molecule has 0 spiro atoms. The molecular weight excluding hydrogens is 388 g/mol. The molecule has 8 heteroatoms. The summed E-state index contributed by atoms with van der Waals surface area (Å²) in [5, 5.41) is 12.9. The molecule has 7 nitrogen and oxygen atoms in total. The highest BCUT2D eigenvalue weighted by molar-refractivity contribution is 7.16. The van der Waals surface area contributed by atoms with Crippen molar-refractivity contribution in [3.05, 3.63) is 53.1 Å². The second kappa shape index (κ2) is 10.4. The molecule has 2 rings (SSSR count). The van der Waals surface area contributed by atoms with Gasteiger partial charge in [0.1, 0.15) is 11.1 Å². The van der Waals surface area contributed by atoms with Gasteiger partial charge in [0.2, 0.25) is 5.91 Å². The third kappa shape index (κ3) is 6.16. The second-order valence-electron chi connectivity index (χ2n) is 6.76. The van der Waals surface area contributed by atoms with E-state index in [1.165, 1.54) is 40.8 Å². The fraction of sp³-hybridized carbons (Fsp3) is 0.333. The quantitative estimate of drug-likeness (QED) is 0.420. The van der Waals surface area contributed by atoms with E-state index in [2.05, 4.69) is 29.5 Å². The van der Waals surface area contributed by atoms with Crippen molar-refractivity contribution in [1.82, 2.24) is 4.90 Å². The van der Waals surface area contributed by atoms with E-state index in [9.17, 15) is 14.9 Å². The number of nitrogens with zero attached hydrogens (tertiary/aromatic N) is 3. The Morgan fingerprint density at radius 3 is 2.86 bits per heavy atom. The number of carbonyl (C=O) groups excluding carboxylic acids is 2. The molecule has 1 aromatic rings. The van der Waals surface area contributed by atoms with Crippen LogP contribution in [0.2, 0.25) is 0 Å². The molecule has 0 aromatic carbocycles. The van der Waals surface area contributed by atoms with E-state index in [0.29, 0.717) is 22.7 Å². The third-order valence-electron chi connectivity index (χ3n) is 4.32. The number of anilines is 1. The van der Waals surface area contributed by atoms with Crippen LogP contribution in [0.15, 0.2) is 42.1 Å². The summed E-state index contributed by atoms with van der Waals surface area (Å²) in [5.41, 5.74) is 2.05. The molecule has 0 radical (unpaired) electrons. The summed E-state index contributed by atoms with van der Waals surface area (Å²) in [5.74, 6) is -0.141. The monoisotopic (exact) mass is 412 g/mol. The normalized spacial score (nSPS) is 15.6. The standard InChI is InChI=1S/C21H24N4O3S/c1-5-23-12-14(2)6-9-19(26)24-20-17(11-22)16-8-7-15(10-18(16)29-20)13-28-21(27)25(3)4/h5-6,9,12,15H,1-2,7-8,10,13H2,3-4H3,(H,24,26)/b9-6+,23-12?. The molecule has 0 bridgehead atoms. The summed E-state index contributed by atoms with van der Waals surface area (Å²) in [6, 6.07) is 2.21. The Hall–Kier alpha value is -3.18. The molecule has 1 aromatic heterocycles. The molecule has 1 aliphatic rings. The number of thiophene rings is 1. The fourth-order valence-corrected chi connectivity index (χ4v) is 4.16. The topological polar surface area (TPSA) is 94.8 Å². The van der Waals surface area contributed by atoms with Gasteiger partial charge in [0.05, 0.1) is 12.2 Å². The van der Waals surface area contributed by atoms with Crippen LogP contribution < -0.4 is 5.32 Å². The Morgan fingerprint density at radius 1 is 1.45 bits per heavy atom. The summed E-state index contributed by atoms with van der Waals surface area (Å²) in [4.78, 5) is 30.1. The number of hydrogen-bond donors (Lipinski definition) is 1. The van der Waals surface area contributed by atoms with Gasteiger partial charge in [0.15, 0.2) is 0 Å². The van der Waals surface area contributed by atoms with Crippen molar-refractivity contribution in [2.45, 2.75) is 19.3 Å². The second-order valence-corrected chi connectivity index (χ2v) is 7.86. The lowest BCUT2D eigenvalue weighted by Gasteiger charge is -2.22. The van der Waals surface area contributed by atoms with Crippen LogP contribution in [0.25, 0.3) is 0 Å². The van der Waals surface area contributed by atoms with Crippen LogP contribution in [0.1, 0.15) is 22.4 Å². The first-order valence-corrected chi connectivity index (χ1v) is 9.88. The molecule has 1 unspecified atom stereocenters. The molecule has 2 amide bonds. The van der Waals surface area contributed by atoms with E-state index in [0.717, 1.165) is 29.7 Å². The first-order valence-electron chi connectivity index (χ1n) is 9.06. The van der Waals surface area contributed by atoms with Crippen molar-refractivity contribution in [1.29, 1.82) is 5.26 Å². The van der Waals surface area contributed by atoms with Crippen LogP contribution in [0.4, 0.5) is 9.80 Å². The Kier molecular flexibility index (Phi) is 7.92. The van der Waals surface area contributed by atoms with Gasteiger partial charge in [-0.1, -0.05) is 13.2 Å². The summed E-state index contributed by atoms with van der Waals surface area (Å²) in [6.45, 7) is 7.57. The van der Waals surface area contributed by atoms with Gasteiger partial charge >= 0.3 is 6.09 Å². The van der Waals surface area contributed by atoms with E-state index < -0.39 is 0 Å². The van der Waals surface area contributed by atoms with Crippen LogP contribution in [0, 0.1) is 17.2 Å². The van der Waals surface area contributed by atoms with E-state index in [1.54, 1.807) is 14.1 Å². The SMILES string of the molecule is C=CN=CC(=C)/C=C/C(=O)Nc1sc2c(c1C#N)CCC(COC(=O)N(C)C)C2. The van der Waals surface area contributed by atoms with Crippen molar-refractivity contribution in [3.63, 3.8) is 0 Å². The Morgan fingerprint density at radius 2 is 2.21 bits per heavy atom. The number of hydrogen-bond acceptors (Lipinski definition) is 6. The summed E-state index contributed by atoms with van der Waals surface area (Å²) >= 11 is 1.41. The van der Waals surface area contributed by atoms with Crippen LogP contribution in [-0.4, -0.2) is 43.8 Å². The minimum atomic E-state index is -0.362. The summed E-state index contributed by atoms with van der Waals surface area (Å²) in [7, 11) is 3.29. The first-order chi connectivity index (χ1) is 13.8. The number of nitriles is 1. The Labute approximate surface area is 174 Å². The highest BCUT2D eigenvalue weighted by Crippen LogP contribution is 2.39. The highest BCUT2D eigenvalue weighted by atomic mass is 32.1. The van der Waals surface area contributed by atoms with Gasteiger partial charge < -0.3 is 15.0 Å². The van der Waals surface area contributed by atoms with Gasteiger partial charge in [-0.2, -0.15) is 5.26 Å². The van der Waals surface area contributed by atoms with E-state index in [-0.39, 0.29) is 17.9 Å². The number of allylic oxidation sites excluding steroid dienone is 2. The maximum absolute atomic E-state index is 12.2. The largest absolute Gasteiger partial charge is 0.449 e. The van der Waals surface area contributed by atoms with Crippen molar-refractivity contribution in [2.24, 2.45) is 10.9 Å². The molecule has 152 valence electrons. The molecule has 0 saturated heterocycles. The number of rotatable bonds is 7. The molecule has 1 atom stereocenters. The molecule has 1 heterocycles. The van der Waals surface area contributed by atoms with Crippen molar-refractivity contribution >= 4 is 34.6 Å². The Balaban J connectivity index is 2.05. The average molecular weight is 413 g/mol. The first kappa shape index (κ1) is 22.1. The van der Waals surface area contributed by atoms with Gasteiger partial charge in [-0.05, 0) is 42.4 Å². The van der Waals surface area contributed by atoms with Crippen molar-refractivity contribution in [3.8, 4) is 6.07 Å². The van der Waals surface area contributed by atoms with Crippen molar-refractivity contribution < 1.29 is 14.3 Å². The lowest BCUT2D eigenvalue weighted by molar-refractivity contribution is -0.111. The number of amides is 2. The molecule has 0 saturated carbocycles. The number of aliphatic imine (C=N–C) groups is 1. The van der Waals surface area contributed by atoms with E-state index >= 15 is 0 Å². The highest BCUT2D eigenvalue weighted by Gasteiger charge is 2.27. The van der Waals surface area contributed by atoms with Crippen LogP contribution in [0.5, 0.6) is 0 Å². The third-order valence-corrected chi connectivity index (χ3v) is 5.49. The predicted octanol–water partition coefficient (Wildman–Crippen LogP) is 3.69. The molecule has 1 N–H and O–H groups in total. The number of fused-ring (bicyclic) bond motifs is 1. The van der Waals surface area contributed by atoms with Crippen LogP contribution >= 0.6 is 11.3 Å². The summed E-state index contributed by atoms with van der Waals surface area (Å²) in [6.07, 6.45) is 7.66.